The van der Waals surface area contributed by atoms with Crippen molar-refractivity contribution in [1.82, 2.24) is 0 Å². The van der Waals surface area contributed by atoms with Crippen molar-refractivity contribution >= 4 is 5.97 Å². The first kappa shape index (κ1) is 48.1. The summed E-state index contributed by atoms with van der Waals surface area (Å²) in [6.07, 6.45) is -7.73. The van der Waals surface area contributed by atoms with E-state index in [-0.39, 0.29) is 46.2 Å². The number of esters is 1. The van der Waals surface area contributed by atoms with Gasteiger partial charge in [0.2, 0.25) is 0 Å². The second-order valence-corrected chi connectivity index (χ2v) is 9.36. The number of carbonyl (C=O) groups excluding carboxylic acids is 1. The summed E-state index contributed by atoms with van der Waals surface area (Å²) in [5.41, 5.74) is 0. The molecule has 50 heavy (non-hydrogen) atoms. The monoisotopic (exact) mass is 780 g/mol. The average Bonchev–Trinajstić information content (AvgIpc) is 3.01. The summed E-state index contributed by atoms with van der Waals surface area (Å²) in [4.78, 5) is 11.2. The molecule has 0 spiro atoms. The molecule has 0 aromatic heterocycles. The summed E-state index contributed by atoms with van der Waals surface area (Å²) >= 11 is 0. The highest BCUT2D eigenvalue weighted by Crippen LogP contribution is 2.62. The second-order valence-electron chi connectivity index (χ2n) is 9.36. The molecule has 25 heteroatoms. The van der Waals surface area contributed by atoms with Crippen molar-refractivity contribution in [2.75, 3.05) is 113 Å². The Bertz CT molecular complexity index is 940. The lowest BCUT2D eigenvalue weighted by molar-refractivity contribution is -0.450. The van der Waals surface area contributed by atoms with Gasteiger partial charge < -0.3 is 42.6 Å². The van der Waals surface area contributed by atoms with Crippen LogP contribution in [0.25, 0.3) is 0 Å². The summed E-state index contributed by atoms with van der Waals surface area (Å²) < 4.78 is 242. The molecule has 0 saturated heterocycles. The van der Waals surface area contributed by atoms with E-state index in [1.165, 1.54) is 0 Å². The van der Waals surface area contributed by atoms with E-state index in [0.717, 1.165) is 0 Å². The molecule has 300 valence electrons. The van der Waals surface area contributed by atoms with Crippen molar-refractivity contribution in [1.29, 1.82) is 0 Å². The standard InChI is InChI=1S/C25H35F15O10/c1-42-2-3-43-4-5-44-6-7-45-8-9-46-10-11-47-12-13-48-14-15-49-16-17-50-18(41)19(26,27)20(28,29)21(30,31)22(32,33)23(34,35)24(36,37)25(38,39)40/h2-17H2,1H3. The first-order valence-electron chi connectivity index (χ1n) is 14.0. The molecule has 0 aliphatic carbocycles. The molecule has 0 aromatic carbocycles. The zero-order chi connectivity index (χ0) is 38.8. The van der Waals surface area contributed by atoms with Gasteiger partial charge in [-0.1, -0.05) is 0 Å². The number of hydrogen-bond acceptors (Lipinski definition) is 10. The van der Waals surface area contributed by atoms with Gasteiger partial charge in [0.25, 0.3) is 0 Å². The SMILES string of the molecule is COCCOCCOCCOCCOCCOCCOCCOCCOC(=O)C(F)(F)C(F)(F)C(F)(F)C(F)(F)C(F)(F)C(F)(F)C(F)(F)F. The molecule has 10 nitrogen and oxygen atoms in total. The van der Waals surface area contributed by atoms with Crippen molar-refractivity contribution in [3.63, 3.8) is 0 Å². The van der Waals surface area contributed by atoms with Gasteiger partial charge in [0.05, 0.1) is 99.1 Å². The number of carbonyl (C=O) groups is 1. The largest absolute Gasteiger partial charge is 0.460 e. The van der Waals surface area contributed by atoms with E-state index in [0.29, 0.717) is 46.2 Å². The van der Waals surface area contributed by atoms with Crippen LogP contribution in [-0.4, -0.2) is 161 Å². The molecular weight excluding hydrogens is 745 g/mol. The fraction of sp³-hybridized carbons (Fsp3) is 0.960. The van der Waals surface area contributed by atoms with Gasteiger partial charge in [-0.05, 0) is 0 Å². The predicted molar refractivity (Wildman–Crippen MR) is 134 cm³/mol. The van der Waals surface area contributed by atoms with Gasteiger partial charge in [-0.2, -0.15) is 65.9 Å². The maximum Gasteiger partial charge on any atom is 0.460 e. The fourth-order valence-electron chi connectivity index (χ4n) is 2.94. The molecular formula is C25H35F15O10. The zero-order valence-corrected chi connectivity index (χ0v) is 26.1. The third-order valence-electron chi connectivity index (χ3n) is 5.71. The Morgan fingerprint density at radius 1 is 0.360 bits per heavy atom. The number of hydrogen-bond donors (Lipinski definition) is 0. The van der Waals surface area contributed by atoms with E-state index in [9.17, 15) is 70.7 Å². The van der Waals surface area contributed by atoms with E-state index in [2.05, 4.69) is 9.47 Å². The quantitative estimate of drug-likeness (QED) is 0.0582. The lowest BCUT2D eigenvalue weighted by Gasteiger charge is -2.40. The van der Waals surface area contributed by atoms with Gasteiger partial charge in [0.15, 0.2) is 0 Å². The van der Waals surface area contributed by atoms with Crippen molar-refractivity contribution in [3.8, 4) is 0 Å². The number of methoxy groups -OCH3 is 1. The van der Waals surface area contributed by atoms with Gasteiger partial charge in [0, 0.05) is 7.11 Å². The zero-order valence-electron chi connectivity index (χ0n) is 26.1. The third kappa shape index (κ3) is 13.3. The summed E-state index contributed by atoms with van der Waals surface area (Å²) in [7, 11) is 1.56. The topological polar surface area (TPSA) is 100 Å². The first-order chi connectivity index (χ1) is 23.0. The molecule has 0 aliphatic heterocycles. The Morgan fingerprint density at radius 2 is 0.600 bits per heavy atom. The van der Waals surface area contributed by atoms with E-state index in [1.54, 1.807) is 7.11 Å². The van der Waals surface area contributed by atoms with E-state index in [4.69, 9.17) is 33.2 Å². The minimum atomic E-state index is -8.50. The Kier molecular flexibility index (Phi) is 20.8. The highest BCUT2D eigenvalue weighted by Gasteiger charge is 2.94. The van der Waals surface area contributed by atoms with Crippen LogP contribution in [0.2, 0.25) is 0 Å². The summed E-state index contributed by atoms with van der Waals surface area (Å²) in [6, 6.07) is 0. The minimum absolute atomic E-state index is 0.00697. The fourth-order valence-corrected chi connectivity index (χ4v) is 2.94. The normalized spacial score (nSPS) is 14.0. The molecule has 0 radical (unpaired) electrons. The molecule has 0 amide bonds. The first-order valence-corrected chi connectivity index (χ1v) is 14.0. The second kappa shape index (κ2) is 21.6. The molecule has 0 atom stereocenters. The molecule has 0 saturated carbocycles. The van der Waals surface area contributed by atoms with Gasteiger partial charge >= 0.3 is 47.7 Å². The van der Waals surface area contributed by atoms with Gasteiger partial charge in [-0.25, -0.2) is 4.79 Å². The molecule has 0 aliphatic rings. The van der Waals surface area contributed by atoms with E-state index >= 15 is 0 Å². The molecule has 0 N–H and O–H groups in total. The van der Waals surface area contributed by atoms with Crippen LogP contribution in [-0.2, 0) is 47.4 Å². The third-order valence-corrected chi connectivity index (χ3v) is 5.71. The van der Waals surface area contributed by atoms with Crippen LogP contribution < -0.4 is 0 Å². The van der Waals surface area contributed by atoms with Crippen LogP contribution in [0.1, 0.15) is 0 Å². The van der Waals surface area contributed by atoms with E-state index < -0.39 is 60.9 Å². The Morgan fingerprint density at radius 3 is 0.880 bits per heavy atom. The van der Waals surface area contributed by atoms with Crippen molar-refractivity contribution in [3.05, 3.63) is 0 Å². The van der Waals surface area contributed by atoms with Crippen LogP contribution in [0.3, 0.4) is 0 Å². The van der Waals surface area contributed by atoms with Crippen LogP contribution in [0, 0.1) is 0 Å². The summed E-state index contributed by atoms with van der Waals surface area (Å²) in [5.74, 6) is -52.3. The molecule has 0 unspecified atom stereocenters. The Balaban J connectivity index is 4.22. The highest BCUT2D eigenvalue weighted by atomic mass is 19.4. The highest BCUT2D eigenvalue weighted by molar-refractivity contribution is 5.79. The lowest BCUT2D eigenvalue weighted by atomic mass is 9.91. The molecule has 0 rings (SSSR count). The number of alkyl halides is 15. The Hall–Kier alpha value is -1.90. The number of ether oxygens (including phenoxy) is 9. The van der Waals surface area contributed by atoms with Crippen LogP contribution in [0.15, 0.2) is 0 Å². The predicted octanol–water partition coefficient (Wildman–Crippen LogP) is 4.67. The number of rotatable bonds is 30. The summed E-state index contributed by atoms with van der Waals surface area (Å²) in [5, 5.41) is 0. The van der Waals surface area contributed by atoms with E-state index in [1.807, 2.05) is 0 Å². The van der Waals surface area contributed by atoms with Gasteiger partial charge in [0.1, 0.15) is 6.61 Å². The average molecular weight is 781 g/mol. The Labute approximate surface area is 274 Å². The summed E-state index contributed by atoms with van der Waals surface area (Å²) in [6.45, 7) is 0.553. The number of halogens is 15. The maximum atomic E-state index is 13.7. The van der Waals surface area contributed by atoms with Crippen LogP contribution in [0.5, 0.6) is 0 Å². The minimum Gasteiger partial charge on any atom is -0.459 e. The van der Waals surface area contributed by atoms with Crippen molar-refractivity contribution in [2.24, 2.45) is 0 Å². The lowest BCUT2D eigenvalue weighted by Crippen LogP contribution is -2.73. The van der Waals surface area contributed by atoms with Gasteiger partial charge in [-0.3, -0.25) is 0 Å². The van der Waals surface area contributed by atoms with Crippen LogP contribution in [0.4, 0.5) is 65.9 Å². The van der Waals surface area contributed by atoms with Crippen molar-refractivity contribution in [2.45, 2.75) is 41.7 Å². The molecule has 0 aromatic rings. The maximum absolute atomic E-state index is 13.7. The van der Waals surface area contributed by atoms with Gasteiger partial charge in [-0.15, -0.1) is 0 Å². The molecule has 0 heterocycles. The van der Waals surface area contributed by atoms with Crippen molar-refractivity contribution < 1.29 is 113 Å². The molecule has 0 fully saturated rings. The molecule has 0 bridgehead atoms. The smallest absolute Gasteiger partial charge is 0.459 e. The van der Waals surface area contributed by atoms with Crippen LogP contribution >= 0.6 is 0 Å².